The topological polar surface area (TPSA) is 119 Å². The standard InChI is InChI=1S/C25H32N4O5/c1-17(2)22(28-25(33)34-16-18-7-4-3-5-8-18)21(30)13-20-10-9-19-14-27-29(15-19)12-6-11-26-24(32)23(20)31/h3-5,7-8,14-15,17,20,22H,6,9-13,16H2,1-2H3,(H,26,32)(H,28,33). The number of aromatic nitrogens is 2. The summed E-state index contributed by atoms with van der Waals surface area (Å²) in [5.41, 5.74) is 1.78. The number of aryl methyl sites for hydroxylation is 2. The van der Waals surface area contributed by atoms with Crippen molar-refractivity contribution in [3.8, 4) is 0 Å². The Morgan fingerprint density at radius 3 is 2.74 bits per heavy atom. The molecule has 2 heterocycles. The molecule has 0 fully saturated rings. The molecule has 9 nitrogen and oxygen atoms in total. The Hall–Kier alpha value is -3.49. The third kappa shape index (κ3) is 7.26. The number of fused-ring (bicyclic) bond motifs is 2. The number of nitrogens with zero attached hydrogens (tertiary/aromatic N) is 2. The maximum absolute atomic E-state index is 13.1. The van der Waals surface area contributed by atoms with Crippen molar-refractivity contribution in [2.45, 2.75) is 58.7 Å². The van der Waals surface area contributed by atoms with E-state index in [1.165, 1.54) is 0 Å². The zero-order valence-corrected chi connectivity index (χ0v) is 19.7. The number of ether oxygens (including phenoxy) is 1. The molecule has 1 aromatic carbocycles. The number of carbonyl (C=O) groups is 4. The minimum Gasteiger partial charge on any atom is -0.445 e. The fraction of sp³-hybridized carbons (Fsp3) is 0.480. The molecule has 2 unspecified atom stereocenters. The van der Waals surface area contributed by atoms with Crippen LogP contribution >= 0.6 is 0 Å². The van der Waals surface area contributed by atoms with Gasteiger partial charge in [-0.1, -0.05) is 44.2 Å². The molecule has 182 valence electrons. The number of hydrogen-bond acceptors (Lipinski definition) is 6. The largest absolute Gasteiger partial charge is 0.445 e. The second-order valence-electron chi connectivity index (χ2n) is 8.92. The van der Waals surface area contributed by atoms with Gasteiger partial charge in [0.1, 0.15) is 6.61 Å². The van der Waals surface area contributed by atoms with Gasteiger partial charge in [-0.2, -0.15) is 5.10 Å². The molecule has 2 bridgehead atoms. The van der Waals surface area contributed by atoms with E-state index in [1.807, 2.05) is 55.1 Å². The summed E-state index contributed by atoms with van der Waals surface area (Å²) in [6, 6.07) is 8.40. The van der Waals surface area contributed by atoms with Crippen LogP contribution in [0.4, 0.5) is 4.79 Å². The fourth-order valence-corrected chi connectivity index (χ4v) is 3.92. The molecule has 1 aliphatic heterocycles. The summed E-state index contributed by atoms with van der Waals surface area (Å²) >= 11 is 0. The zero-order chi connectivity index (χ0) is 24.5. The van der Waals surface area contributed by atoms with E-state index in [0.717, 1.165) is 11.1 Å². The summed E-state index contributed by atoms with van der Waals surface area (Å²) in [6.07, 6.45) is 4.34. The fourth-order valence-electron chi connectivity index (χ4n) is 3.92. The number of rotatable bonds is 7. The Kier molecular flexibility index (Phi) is 8.95. The van der Waals surface area contributed by atoms with Crippen LogP contribution in [0.2, 0.25) is 0 Å². The lowest BCUT2D eigenvalue weighted by atomic mass is 9.86. The van der Waals surface area contributed by atoms with Crippen LogP contribution in [0.15, 0.2) is 42.7 Å². The summed E-state index contributed by atoms with van der Waals surface area (Å²) < 4.78 is 7.06. The molecule has 0 spiro atoms. The molecule has 34 heavy (non-hydrogen) atoms. The van der Waals surface area contributed by atoms with Crippen LogP contribution in [0.25, 0.3) is 0 Å². The van der Waals surface area contributed by atoms with E-state index in [-0.39, 0.29) is 24.7 Å². The Morgan fingerprint density at radius 2 is 2.00 bits per heavy atom. The Morgan fingerprint density at radius 1 is 1.24 bits per heavy atom. The number of nitrogens with one attached hydrogen (secondary N) is 2. The van der Waals surface area contributed by atoms with E-state index in [2.05, 4.69) is 15.7 Å². The molecule has 1 aliphatic rings. The Labute approximate surface area is 199 Å². The minimum absolute atomic E-state index is 0.0840. The van der Waals surface area contributed by atoms with Gasteiger partial charge < -0.3 is 15.4 Å². The van der Waals surface area contributed by atoms with E-state index >= 15 is 0 Å². The molecule has 2 amide bonds. The van der Waals surface area contributed by atoms with Gasteiger partial charge in [0.05, 0.1) is 12.2 Å². The van der Waals surface area contributed by atoms with Crippen molar-refractivity contribution in [2.75, 3.05) is 6.54 Å². The molecular weight excluding hydrogens is 436 g/mol. The zero-order valence-electron chi connectivity index (χ0n) is 19.7. The summed E-state index contributed by atoms with van der Waals surface area (Å²) in [4.78, 5) is 50.7. The van der Waals surface area contributed by atoms with E-state index in [0.29, 0.717) is 32.4 Å². The SMILES string of the molecule is CC(C)C(NC(=O)OCc1ccccc1)C(=O)CC1CCc2cnn(c2)CCCNC(=O)C1=O. The molecule has 0 saturated carbocycles. The smallest absolute Gasteiger partial charge is 0.408 e. The molecule has 1 aromatic heterocycles. The van der Waals surface area contributed by atoms with Crippen LogP contribution in [0, 0.1) is 11.8 Å². The summed E-state index contributed by atoms with van der Waals surface area (Å²) in [5, 5.41) is 9.57. The van der Waals surface area contributed by atoms with Crippen LogP contribution in [-0.2, 0) is 38.7 Å². The van der Waals surface area contributed by atoms with E-state index in [4.69, 9.17) is 4.74 Å². The molecule has 2 atom stereocenters. The molecule has 2 aromatic rings. The lowest BCUT2D eigenvalue weighted by Crippen LogP contribution is -2.46. The number of hydrogen-bond donors (Lipinski definition) is 2. The van der Waals surface area contributed by atoms with Crippen LogP contribution in [0.3, 0.4) is 0 Å². The highest BCUT2D eigenvalue weighted by atomic mass is 16.5. The lowest BCUT2D eigenvalue weighted by Gasteiger charge is -2.23. The van der Waals surface area contributed by atoms with E-state index in [1.54, 1.807) is 6.20 Å². The second-order valence-corrected chi connectivity index (χ2v) is 8.92. The van der Waals surface area contributed by atoms with E-state index in [9.17, 15) is 19.2 Å². The normalized spacial score (nSPS) is 17.8. The van der Waals surface area contributed by atoms with Crippen molar-refractivity contribution in [1.29, 1.82) is 0 Å². The van der Waals surface area contributed by atoms with Gasteiger partial charge in [0.25, 0.3) is 5.91 Å². The summed E-state index contributed by atoms with van der Waals surface area (Å²) in [6.45, 7) is 4.71. The van der Waals surface area contributed by atoms with Crippen molar-refractivity contribution in [2.24, 2.45) is 11.8 Å². The van der Waals surface area contributed by atoms with Crippen LogP contribution in [0.1, 0.15) is 44.2 Å². The first-order valence-electron chi connectivity index (χ1n) is 11.7. The predicted octanol–water partition coefficient (Wildman–Crippen LogP) is 2.43. The number of amides is 2. The van der Waals surface area contributed by atoms with Gasteiger partial charge in [0.15, 0.2) is 5.78 Å². The molecule has 2 N–H and O–H groups in total. The van der Waals surface area contributed by atoms with Gasteiger partial charge in [-0.3, -0.25) is 19.1 Å². The molecule has 0 aliphatic carbocycles. The number of benzene rings is 1. The number of ketones is 2. The van der Waals surface area contributed by atoms with Crippen molar-refractivity contribution < 1.29 is 23.9 Å². The molecule has 9 heteroatoms. The third-order valence-corrected chi connectivity index (χ3v) is 5.86. The van der Waals surface area contributed by atoms with Gasteiger partial charge in [0, 0.05) is 31.6 Å². The first-order valence-corrected chi connectivity index (χ1v) is 11.7. The third-order valence-electron chi connectivity index (χ3n) is 5.86. The van der Waals surface area contributed by atoms with Gasteiger partial charge in [-0.15, -0.1) is 0 Å². The monoisotopic (exact) mass is 468 g/mol. The summed E-state index contributed by atoms with van der Waals surface area (Å²) in [7, 11) is 0. The first-order chi connectivity index (χ1) is 16.3. The van der Waals surface area contributed by atoms with Gasteiger partial charge in [-0.05, 0) is 36.3 Å². The maximum Gasteiger partial charge on any atom is 0.408 e. The first kappa shape index (κ1) is 25.1. The average Bonchev–Trinajstić information content (AvgIpc) is 3.28. The molecule has 0 radical (unpaired) electrons. The van der Waals surface area contributed by atoms with Crippen molar-refractivity contribution in [1.82, 2.24) is 20.4 Å². The Balaban J connectivity index is 1.64. The predicted molar refractivity (Wildman–Crippen MR) is 125 cm³/mol. The highest BCUT2D eigenvalue weighted by molar-refractivity contribution is 6.37. The van der Waals surface area contributed by atoms with E-state index < -0.39 is 29.7 Å². The van der Waals surface area contributed by atoms with Crippen molar-refractivity contribution in [3.63, 3.8) is 0 Å². The van der Waals surface area contributed by atoms with Crippen molar-refractivity contribution in [3.05, 3.63) is 53.9 Å². The van der Waals surface area contributed by atoms with Gasteiger partial charge in [-0.25, -0.2) is 4.79 Å². The number of carbonyl (C=O) groups excluding carboxylic acids is 4. The van der Waals surface area contributed by atoms with Gasteiger partial charge in [0.2, 0.25) is 5.78 Å². The maximum atomic E-state index is 13.1. The van der Waals surface area contributed by atoms with Crippen LogP contribution in [0.5, 0.6) is 0 Å². The summed E-state index contributed by atoms with van der Waals surface area (Å²) in [5.74, 6) is -2.58. The minimum atomic E-state index is -0.830. The Bertz CT molecular complexity index is 1000. The second kappa shape index (κ2) is 12.1. The highest BCUT2D eigenvalue weighted by Gasteiger charge is 2.32. The number of Topliss-reactive ketones (excluding diaryl/α,β-unsaturated/α-hetero) is 2. The van der Waals surface area contributed by atoms with Crippen LogP contribution < -0.4 is 10.6 Å². The molecule has 3 rings (SSSR count). The number of alkyl carbamates (subject to hydrolysis) is 1. The van der Waals surface area contributed by atoms with Gasteiger partial charge >= 0.3 is 6.09 Å². The quantitative estimate of drug-likeness (QED) is 0.603. The molecular formula is C25H32N4O5. The average molecular weight is 469 g/mol. The van der Waals surface area contributed by atoms with Crippen molar-refractivity contribution >= 4 is 23.6 Å². The highest BCUT2D eigenvalue weighted by Crippen LogP contribution is 2.19. The molecule has 0 saturated heterocycles. The lowest BCUT2D eigenvalue weighted by molar-refractivity contribution is -0.141. The van der Waals surface area contributed by atoms with Crippen LogP contribution in [-0.4, -0.2) is 45.9 Å².